The van der Waals surface area contributed by atoms with Crippen LogP contribution in [0.15, 0.2) is 5.38 Å². The second kappa shape index (κ2) is 6.15. The molecule has 2 bridgehead atoms. The van der Waals surface area contributed by atoms with E-state index in [1.165, 1.54) is 42.7 Å². The Hall–Kier alpha value is -0.980. The van der Waals surface area contributed by atoms with E-state index in [4.69, 9.17) is 14.5 Å². The molecule has 5 nitrogen and oxygen atoms in total. The minimum absolute atomic E-state index is 0.0860. The number of carbonyl (C=O) groups is 1. The standard InChI is InChI=1S/C17H24N2O3S/c1-21-17(4-6-22-7-5-17)15(20)19-16-18-14(10-23-16)13-9-11-2-3-12(13)8-11/h10-13H,2-9H2,1H3,(H,18,19,20). The smallest absolute Gasteiger partial charge is 0.258 e. The van der Waals surface area contributed by atoms with Crippen molar-refractivity contribution in [2.24, 2.45) is 11.8 Å². The molecule has 0 aromatic carbocycles. The first-order valence-corrected chi connectivity index (χ1v) is 9.48. The number of hydrogen-bond donors (Lipinski definition) is 1. The highest BCUT2D eigenvalue weighted by Crippen LogP contribution is 2.53. The second-order valence-electron chi connectivity index (χ2n) is 7.12. The molecule has 6 heteroatoms. The van der Waals surface area contributed by atoms with Gasteiger partial charge in [0.15, 0.2) is 10.7 Å². The lowest BCUT2D eigenvalue weighted by Crippen LogP contribution is -2.48. The Morgan fingerprint density at radius 2 is 2.22 bits per heavy atom. The van der Waals surface area contributed by atoms with Gasteiger partial charge >= 0.3 is 0 Å². The molecule has 2 aliphatic carbocycles. The number of thiazole rings is 1. The highest BCUT2D eigenvalue weighted by atomic mass is 32.1. The number of methoxy groups -OCH3 is 1. The first-order valence-electron chi connectivity index (χ1n) is 8.60. The summed E-state index contributed by atoms with van der Waals surface area (Å²) in [5.41, 5.74) is 0.409. The van der Waals surface area contributed by atoms with Gasteiger partial charge in [0, 0.05) is 44.5 Å². The molecule has 3 atom stereocenters. The molecular weight excluding hydrogens is 312 g/mol. The zero-order valence-electron chi connectivity index (χ0n) is 13.5. The lowest BCUT2D eigenvalue weighted by atomic mass is 9.87. The van der Waals surface area contributed by atoms with Gasteiger partial charge in [-0.25, -0.2) is 4.98 Å². The third-order valence-corrected chi connectivity index (χ3v) is 6.74. The van der Waals surface area contributed by atoms with Crippen LogP contribution >= 0.6 is 11.3 Å². The van der Waals surface area contributed by atoms with E-state index in [2.05, 4.69) is 10.7 Å². The fraction of sp³-hybridized carbons (Fsp3) is 0.765. The number of nitrogens with one attached hydrogen (secondary N) is 1. The minimum atomic E-state index is -0.767. The topological polar surface area (TPSA) is 60.5 Å². The number of aromatic nitrogens is 1. The third-order valence-electron chi connectivity index (χ3n) is 5.97. The van der Waals surface area contributed by atoms with Gasteiger partial charge < -0.3 is 9.47 Å². The average molecular weight is 336 g/mol. The summed E-state index contributed by atoms with van der Waals surface area (Å²) in [6.07, 6.45) is 6.59. The number of rotatable bonds is 4. The molecule has 0 radical (unpaired) electrons. The van der Waals surface area contributed by atoms with Crippen molar-refractivity contribution in [1.29, 1.82) is 0 Å². The summed E-state index contributed by atoms with van der Waals surface area (Å²) in [5.74, 6) is 2.24. The van der Waals surface area contributed by atoms with Crippen molar-refractivity contribution in [3.63, 3.8) is 0 Å². The largest absolute Gasteiger partial charge is 0.381 e. The van der Waals surface area contributed by atoms with Crippen molar-refractivity contribution < 1.29 is 14.3 Å². The van der Waals surface area contributed by atoms with E-state index in [0.29, 0.717) is 37.1 Å². The summed E-state index contributed by atoms with van der Waals surface area (Å²) in [4.78, 5) is 17.4. The van der Waals surface area contributed by atoms with Crippen LogP contribution in [0.2, 0.25) is 0 Å². The Bertz CT molecular complexity index is 582. The molecule has 1 N–H and O–H groups in total. The summed E-state index contributed by atoms with van der Waals surface area (Å²) in [6.45, 7) is 1.13. The maximum absolute atomic E-state index is 12.7. The molecule has 3 fully saturated rings. The summed E-state index contributed by atoms with van der Waals surface area (Å²) < 4.78 is 10.9. The molecule has 2 heterocycles. The van der Waals surface area contributed by atoms with Crippen LogP contribution < -0.4 is 5.32 Å². The van der Waals surface area contributed by atoms with Gasteiger partial charge in [-0.3, -0.25) is 10.1 Å². The molecule has 1 aromatic heterocycles. The molecular formula is C17H24N2O3S. The van der Waals surface area contributed by atoms with Crippen molar-refractivity contribution in [3.05, 3.63) is 11.1 Å². The third kappa shape index (κ3) is 2.81. The molecule has 23 heavy (non-hydrogen) atoms. The maximum atomic E-state index is 12.7. The minimum Gasteiger partial charge on any atom is -0.381 e. The van der Waals surface area contributed by atoms with Crippen LogP contribution in [0.25, 0.3) is 0 Å². The number of amides is 1. The monoisotopic (exact) mass is 336 g/mol. The second-order valence-corrected chi connectivity index (χ2v) is 7.98. The van der Waals surface area contributed by atoms with E-state index < -0.39 is 5.60 Å². The van der Waals surface area contributed by atoms with Crippen LogP contribution in [0.1, 0.15) is 50.1 Å². The predicted molar refractivity (Wildman–Crippen MR) is 88.7 cm³/mol. The Balaban J connectivity index is 1.44. The molecule has 1 aliphatic heterocycles. The molecule has 1 aromatic rings. The zero-order valence-corrected chi connectivity index (χ0v) is 14.4. The Labute approximate surface area is 140 Å². The van der Waals surface area contributed by atoms with E-state index in [0.717, 1.165) is 11.8 Å². The summed E-state index contributed by atoms with van der Waals surface area (Å²) >= 11 is 1.54. The Morgan fingerprint density at radius 1 is 1.39 bits per heavy atom. The molecule has 126 valence electrons. The highest BCUT2D eigenvalue weighted by Gasteiger charge is 2.42. The van der Waals surface area contributed by atoms with E-state index >= 15 is 0 Å². The lowest BCUT2D eigenvalue weighted by Gasteiger charge is -2.33. The van der Waals surface area contributed by atoms with E-state index in [1.54, 1.807) is 7.11 Å². The molecule has 0 spiro atoms. The Kier molecular flexibility index (Phi) is 4.15. The summed E-state index contributed by atoms with van der Waals surface area (Å²) in [6, 6.07) is 0. The van der Waals surface area contributed by atoms with Gasteiger partial charge in [0.05, 0.1) is 5.69 Å². The molecule has 1 saturated heterocycles. The molecule has 4 rings (SSSR count). The number of fused-ring (bicyclic) bond motifs is 2. The number of carbonyl (C=O) groups excluding carboxylic acids is 1. The first kappa shape index (κ1) is 15.5. The molecule has 2 saturated carbocycles. The van der Waals surface area contributed by atoms with Crippen LogP contribution in [0.5, 0.6) is 0 Å². The van der Waals surface area contributed by atoms with E-state index in [9.17, 15) is 4.79 Å². The van der Waals surface area contributed by atoms with Gasteiger partial charge in [0.1, 0.15) is 0 Å². The maximum Gasteiger partial charge on any atom is 0.258 e. The van der Waals surface area contributed by atoms with Crippen molar-refractivity contribution in [2.45, 2.75) is 50.0 Å². The van der Waals surface area contributed by atoms with Crippen molar-refractivity contribution in [3.8, 4) is 0 Å². The van der Waals surface area contributed by atoms with Crippen LogP contribution in [0, 0.1) is 11.8 Å². The summed E-state index contributed by atoms with van der Waals surface area (Å²) in [7, 11) is 1.60. The fourth-order valence-corrected chi connectivity index (χ4v) is 5.33. The van der Waals surface area contributed by atoms with E-state index in [-0.39, 0.29) is 5.91 Å². The highest BCUT2D eigenvalue weighted by molar-refractivity contribution is 7.13. The van der Waals surface area contributed by atoms with Crippen molar-refractivity contribution in [1.82, 2.24) is 4.98 Å². The van der Waals surface area contributed by atoms with Crippen LogP contribution in [-0.4, -0.2) is 36.8 Å². The van der Waals surface area contributed by atoms with Crippen LogP contribution in [0.3, 0.4) is 0 Å². The first-order chi connectivity index (χ1) is 11.2. The summed E-state index contributed by atoms with van der Waals surface area (Å²) in [5, 5.41) is 5.81. The van der Waals surface area contributed by atoms with Gasteiger partial charge in [-0.05, 0) is 31.1 Å². The number of anilines is 1. The van der Waals surface area contributed by atoms with E-state index in [1.807, 2.05) is 0 Å². The molecule has 3 unspecified atom stereocenters. The van der Waals surface area contributed by atoms with Gasteiger partial charge in [0.25, 0.3) is 5.91 Å². The fourth-order valence-electron chi connectivity index (χ4n) is 4.56. The molecule has 3 aliphatic rings. The van der Waals surface area contributed by atoms with Gasteiger partial charge in [-0.1, -0.05) is 6.42 Å². The normalized spacial score (nSPS) is 32.1. The van der Waals surface area contributed by atoms with Crippen molar-refractivity contribution in [2.75, 3.05) is 25.6 Å². The quantitative estimate of drug-likeness (QED) is 0.917. The van der Waals surface area contributed by atoms with Crippen molar-refractivity contribution >= 4 is 22.4 Å². The SMILES string of the molecule is COC1(C(=O)Nc2nc(C3CC4CCC3C4)cs2)CCOCC1. The lowest BCUT2D eigenvalue weighted by molar-refractivity contribution is -0.149. The van der Waals surface area contributed by atoms with Gasteiger partial charge in [0.2, 0.25) is 0 Å². The number of hydrogen-bond acceptors (Lipinski definition) is 5. The number of ether oxygens (including phenoxy) is 2. The van der Waals surface area contributed by atoms with Crippen LogP contribution in [0.4, 0.5) is 5.13 Å². The zero-order chi connectivity index (χ0) is 15.9. The van der Waals surface area contributed by atoms with Gasteiger partial charge in [-0.2, -0.15) is 0 Å². The van der Waals surface area contributed by atoms with Gasteiger partial charge in [-0.15, -0.1) is 11.3 Å². The molecule has 1 amide bonds. The van der Waals surface area contributed by atoms with Crippen LogP contribution in [-0.2, 0) is 14.3 Å². The predicted octanol–water partition coefficient (Wildman–Crippen LogP) is 3.18. The number of nitrogens with zero attached hydrogens (tertiary/aromatic N) is 1. The Morgan fingerprint density at radius 3 is 2.87 bits per heavy atom. The average Bonchev–Trinajstić information content (AvgIpc) is 3.31.